The maximum atomic E-state index is 2.23. The molecule has 3 rings (SSSR count). The first kappa shape index (κ1) is 21.7. The van der Waals surface area contributed by atoms with E-state index in [1.165, 1.54) is 49.7 Å². The SMILES string of the molecule is CCCCc1ccccc1.CCCCc1ccccc1.c1ccccc1. The van der Waals surface area contributed by atoms with E-state index in [-0.39, 0.29) is 0 Å². The van der Waals surface area contributed by atoms with E-state index in [4.69, 9.17) is 0 Å². The summed E-state index contributed by atoms with van der Waals surface area (Å²) in [6.45, 7) is 4.45. The molecule has 0 unspecified atom stereocenters. The Morgan fingerprint density at radius 1 is 0.423 bits per heavy atom. The first-order valence-corrected chi connectivity index (χ1v) is 9.94. The zero-order valence-electron chi connectivity index (χ0n) is 16.5. The fraction of sp³-hybridized carbons (Fsp3) is 0.308. The summed E-state index contributed by atoms with van der Waals surface area (Å²) in [5.74, 6) is 0. The Kier molecular flexibility index (Phi) is 13.5. The van der Waals surface area contributed by atoms with Gasteiger partial charge in [-0.1, -0.05) is 124 Å². The lowest BCUT2D eigenvalue weighted by Gasteiger charge is -1.96. The summed E-state index contributed by atoms with van der Waals surface area (Å²) in [4.78, 5) is 0. The molecule has 0 amide bonds. The predicted molar refractivity (Wildman–Crippen MR) is 117 cm³/mol. The lowest BCUT2D eigenvalue weighted by molar-refractivity contribution is 0.795. The van der Waals surface area contributed by atoms with E-state index in [1.807, 2.05) is 36.4 Å². The number of unbranched alkanes of at least 4 members (excludes halogenated alkanes) is 2. The van der Waals surface area contributed by atoms with E-state index >= 15 is 0 Å². The van der Waals surface area contributed by atoms with Crippen molar-refractivity contribution < 1.29 is 0 Å². The molecule has 0 saturated carbocycles. The minimum Gasteiger partial charge on any atom is -0.0654 e. The van der Waals surface area contributed by atoms with Crippen LogP contribution in [0.2, 0.25) is 0 Å². The van der Waals surface area contributed by atoms with Gasteiger partial charge in [-0.3, -0.25) is 0 Å². The van der Waals surface area contributed by atoms with Gasteiger partial charge < -0.3 is 0 Å². The molecular formula is C26H34. The second-order valence-corrected chi connectivity index (χ2v) is 6.33. The molecule has 0 aliphatic heterocycles. The molecule has 0 heterocycles. The third-order valence-corrected chi connectivity index (χ3v) is 3.99. The van der Waals surface area contributed by atoms with Crippen LogP contribution in [0.4, 0.5) is 0 Å². The summed E-state index contributed by atoms with van der Waals surface area (Å²) in [7, 11) is 0. The summed E-state index contributed by atoms with van der Waals surface area (Å²) in [6, 6.07) is 33.3. The van der Waals surface area contributed by atoms with Gasteiger partial charge in [-0.05, 0) is 36.8 Å². The van der Waals surface area contributed by atoms with E-state index in [0.717, 1.165) is 0 Å². The third-order valence-electron chi connectivity index (χ3n) is 3.99. The van der Waals surface area contributed by atoms with Crippen molar-refractivity contribution in [3.05, 3.63) is 108 Å². The molecule has 0 nitrogen and oxygen atoms in total. The number of rotatable bonds is 6. The largest absolute Gasteiger partial charge is 0.0654 e. The smallest absolute Gasteiger partial charge is 0.0279 e. The number of aryl methyl sites for hydroxylation is 2. The highest BCUT2D eigenvalue weighted by molar-refractivity contribution is 5.15. The summed E-state index contributed by atoms with van der Waals surface area (Å²) < 4.78 is 0. The van der Waals surface area contributed by atoms with Gasteiger partial charge in [0.2, 0.25) is 0 Å². The van der Waals surface area contributed by atoms with Gasteiger partial charge in [0.15, 0.2) is 0 Å². The van der Waals surface area contributed by atoms with Crippen molar-refractivity contribution in [3.63, 3.8) is 0 Å². The van der Waals surface area contributed by atoms with Gasteiger partial charge >= 0.3 is 0 Å². The quantitative estimate of drug-likeness (QED) is 0.428. The van der Waals surface area contributed by atoms with Crippen LogP contribution in [-0.4, -0.2) is 0 Å². The summed E-state index contributed by atoms with van der Waals surface area (Å²) in [5, 5.41) is 0. The van der Waals surface area contributed by atoms with Gasteiger partial charge in [-0.25, -0.2) is 0 Å². The minimum absolute atomic E-state index is 1.23. The Balaban J connectivity index is 0.000000201. The van der Waals surface area contributed by atoms with Crippen molar-refractivity contribution >= 4 is 0 Å². The van der Waals surface area contributed by atoms with E-state index in [1.54, 1.807) is 0 Å². The van der Waals surface area contributed by atoms with Crippen LogP contribution in [-0.2, 0) is 12.8 Å². The summed E-state index contributed by atoms with van der Waals surface area (Å²) in [6.07, 6.45) is 7.66. The molecule has 0 aromatic heterocycles. The maximum Gasteiger partial charge on any atom is -0.0279 e. The molecule has 3 aromatic rings. The third kappa shape index (κ3) is 12.1. The lowest BCUT2D eigenvalue weighted by atomic mass is 10.1. The summed E-state index contributed by atoms with van der Waals surface area (Å²) in [5.41, 5.74) is 2.92. The zero-order chi connectivity index (χ0) is 18.7. The minimum atomic E-state index is 1.23. The molecule has 3 aromatic carbocycles. The van der Waals surface area contributed by atoms with Gasteiger partial charge in [-0.2, -0.15) is 0 Å². The maximum absolute atomic E-state index is 2.23. The first-order chi connectivity index (χ1) is 12.9. The average Bonchev–Trinajstić information content (AvgIpc) is 2.74. The monoisotopic (exact) mass is 346 g/mol. The second-order valence-electron chi connectivity index (χ2n) is 6.33. The molecule has 0 spiro atoms. The van der Waals surface area contributed by atoms with Gasteiger partial charge in [-0.15, -0.1) is 0 Å². The highest BCUT2D eigenvalue weighted by Gasteiger charge is 1.88. The highest BCUT2D eigenvalue weighted by Crippen LogP contribution is 2.04. The molecule has 0 aliphatic rings. The van der Waals surface area contributed by atoms with Crippen molar-refractivity contribution in [2.24, 2.45) is 0 Å². The normalized spacial score (nSPS) is 9.31. The molecule has 0 radical (unpaired) electrons. The standard InChI is InChI=1S/2C10H14.C6H6/c2*1-2-3-7-10-8-5-4-6-9-10;1-2-4-6-5-3-1/h2*4-6,8-9H,2-3,7H2,1H3;1-6H. The molecule has 0 heteroatoms. The molecule has 0 aliphatic carbocycles. The Bertz CT molecular complexity index is 544. The fourth-order valence-electron chi connectivity index (χ4n) is 2.44. The molecule has 138 valence electrons. The van der Waals surface area contributed by atoms with Crippen molar-refractivity contribution in [3.8, 4) is 0 Å². The van der Waals surface area contributed by atoms with Crippen molar-refractivity contribution in [2.75, 3.05) is 0 Å². The Morgan fingerprint density at radius 3 is 0.962 bits per heavy atom. The molecule has 0 bridgehead atoms. The van der Waals surface area contributed by atoms with E-state index in [0.29, 0.717) is 0 Å². The van der Waals surface area contributed by atoms with Crippen LogP contribution in [0.5, 0.6) is 0 Å². The van der Waals surface area contributed by atoms with Crippen LogP contribution in [0.25, 0.3) is 0 Å². The Labute approximate surface area is 160 Å². The van der Waals surface area contributed by atoms with Crippen molar-refractivity contribution in [2.45, 2.75) is 52.4 Å². The lowest BCUT2D eigenvalue weighted by Crippen LogP contribution is -1.81. The second kappa shape index (κ2) is 16.1. The van der Waals surface area contributed by atoms with Gasteiger partial charge in [0.25, 0.3) is 0 Å². The Morgan fingerprint density at radius 2 is 0.692 bits per heavy atom. The van der Waals surface area contributed by atoms with Crippen LogP contribution in [0.3, 0.4) is 0 Å². The summed E-state index contributed by atoms with van der Waals surface area (Å²) >= 11 is 0. The zero-order valence-corrected chi connectivity index (χ0v) is 16.5. The van der Waals surface area contributed by atoms with Gasteiger partial charge in [0, 0.05) is 0 Å². The molecular weight excluding hydrogens is 312 g/mol. The fourth-order valence-corrected chi connectivity index (χ4v) is 2.44. The van der Waals surface area contributed by atoms with Crippen LogP contribution in [0.1, 0.15) is 50.7 Å². The molecule has 0 N–H and O–H groups in total. The topological polar surface area (TPSA) is 0 Å². The molecule has 0 fully saturated rings. The van der Waals surface area contributed by atoms with Crippen LogP contribution in [0.15, 0.2) is 97.1 Å². The molecule has 0 saturated heterocycles. The highest BCUT2D eigenvalue weighted by atomic mass is 13.9. The molecule has 0 atom stereocenters. The van der Waals surface area contributed by atoms with Crippen LogP contribution < -0.4 is 0 Å². The number of hydrogen-bond donors (Lipinski definition) is 0. The number of hydrogen-bond acceptors (Lipinski definition) is 0. The van der Waals surface area contributed by atoms with Gasteiger partial charge in [0.1, 0.15) is 0 Å². The predicted octanol–water partition coefficient (Wildman–Crippen LogP) is 7.75. The van der Waals surface area contributed by atoms with E-state index in [2.05, 4.69) is 74.5 Å². The van der Waals surface area contributed by atoms with E-state index in [9.17, 15) is 0 Å². The van der Waals surface area contributed by atoms with Crippen LogP contribution >= 0.6 is 0 Å². The van der Waals surface area contributed by atoms with Crippen molar-refractivity contribution in [1.82, 2.24) is 0 Å². The van der Waals surface area contributed by atoms with Gasteiger partial charge in [0.05, 0.1) is 0 Å². The Hall–Kier alpha value is -2.34. The average molecular weight is 347 g/mol. The van der Waals surface area contributed by atoms with E-state index < -0.39 is 0 Å². The van der Waals surface area contributed by atoms with Crippen molar-refractivity contribution in [1.29, 1.82) is 0 Å². The number of benzene rings is 3. The molecule has 26 heavy (non-hydrogen) atoms. The van der Waals surface area contributed by atoms with Crippen LogP contribution in [0, 0.1) is 0 Å². The first-order valence-electron chi connectivity index (χ1n) is 9.94.